The van der Waals surface area contributed by atoms with E-state index in [2.05, 4.69) is 10.2 Å². The zero-order valence-corrected chi connectivity index (χ0v) is 12.4. The number of para-hydroxylation sites is 1. The minimum Gasteiger partial charge on any atom is -0.369 e. The van der Waals surface area contributed by atoms with Gasteiger partial charge >= 0.3 is 0 Å². The third-order valence-electron chi connectivity index (χ3n) is 4.59. The molecule has 0 amide bonds. The Morgan fingerprint density at radius 2 is 2.00 bits per heavy atom. The van der Waals surface area contributed by atoms with Crippen molar-refractivity contribution in [1.82, 2.24) is 5.32 Å². The molecule has 3 rings (SSSR count). The van der Waals surface area contributed by atoms with Gasteiger partial charge in [0.15, 0.2) is 5.78 Å². The molecule has 114 valence electrons. The monoisotopic (exact) mass is 290 g/mol. The van der Waals surface area contributed by atoms with Gasteiger partial charge in [0.1, 0.15) is 5.82 Å². The molecule has 2 heterocycles. The fourth-order valence-corrected chi connectivity index (χ4v) is 3.45. The van der Waals surface area contributed by atoms with Crippen molar-refractivity contribution in [3.05, 3.63) is 29.6 Å². The second-order valence-electron chi connectivity index (χ2n) is 6.09. The van der Waals surface area contributed by atoms with Gasteiger partial charge in [-0.2, -0.15) is 0 Å². The van der Waals surface area contributed by atoms with Gasteiger partial charge in [0, 0.05) is 31.1 Å². The summed E-state index contributed by atoms with van der Waals surface area (Å²) in [5, 5.41) is 3.27. The Labute approximate surface area is 125 Å². The van der Waals surface area contributed by atoms with Crippen LogP contribution in [0.3, 0.4) is 0 Å². The number of Topliss-reactive ketones (excluding diaryl/α,β-unsaturated/α-hetero) is 1. The normalized spacial score (nSPS) is 23.1. The number of carbonyl (C=O) groups excluding carboxylic acids is 1. The number of nitrogens with one attached hydrogen (secondary N) is 1. The molecule has 1 unspecified atom stereocenters. The van der Waals surface area contributed by atoms with Crippen molar-refractivity contribution in [2.45, 2.75) is 32.1 Å². The number of hydrogen-bond donors (Lipinski definition) is 1. The van der Waals surface area contributed by atoms with E-state index in [1.807, 2.05) is 0 Å². The topological polar surface area (TPSA) is 32.3 Å². The number of ketones is 1. The first-order valence-corrected chi connectivity index (χ1v) is 8.06. The van der Waals surface area contributed by atoms with Gasteiger partial charge in [0.2, 0.25) is 0 Å². The van der Waals surface area contributed by atoms with Crippen LogP contribution in [0.25, 0.3) is 0 Å². The van der Waals surface area contributed by atoms with E-state index in [4.69, 9.17) is 0 Å². The van der Waals surface area contributed by atoms with Crippen LogP contribution in [-0.2, 0) is 0 Å². The summed E-state index contributed by atoms with van der Waals surface area (Å²) in [5.74, 6) is -0.169. The van der Waals surface area contributed by atoms with E-state index in [1.54, 1.807) is 12.1 Å². The summed E-state index contributed by atoms with van der Waals surface area (Å²) < 4.78 is 14.4. The largest absolute Gasteiger partial charge is 0.369 e. The lowest BCUT2D eigenvalue weighted by Crippen LogP contribution is -2.36. The average molecular weight is 290 g/mol. The molecule has 3 nitrogen and oxygen atoms in total. The number of halogens is 1. The van der Waals surface area contributed by atoms with Crippen molar-refractivity contribution in [3.63, 3.8) is 0 Å². The van der Waals surface area contributed by atoms with Gasteiger partial charge in [0.25, 0.3) is 0 Å². The molecule has 0 saturated carbocycles. The van der Waals surface area contributed by atoms with Crippen molar-refractivity contribution < 1.29 is 9.18 Å². The van der Waals surface area contributed by atoms with Gasteiger partial charge in [-0.3, -0.25) is 4.79 Å². The van der Waals surface area contributed by atoms with Crippen molar-refractivity contribution in [2.75, 3.05) is 31.1 Å². The molecule has 2 saturated heterocycles. The van der Waals surface area contributed by atoms with Crippen LogP contribution in [0.15, 0.2) is 18.2 Å². The van der Waals surface area contributed by atoms with Crippen LogP contribution in [0, 0.1) is 11.7 Å². The first kappa shape index (κ1) is 14.5. The Hall–Kier alpha value is -1.42. The maximum atomic E-state index is 14.4. The number of benzene rings is 1. The third-order valence-corrected chi connectivity index (χ3v) is 4.59. The lowest BCUT2D eigenvalue weighted by molar-refractivity contribution is 0.0899. The van der Waals surface area contributed by atoms with E-state index >= 15 is 0 Å². The van der Waals surface area contributed by atoms with Gasteiger partial charge in [-0.1, -0.05) is 6.07 Å². The Bertz CT molecular complexity index is 506. The fraction of sp³-hybridized carbons (Fsp3) is 0.588. The van der Waals surface area contributed by atoms with Crippen LogP contribution in [0.5, 0.6) is 0 Å². The van der Waals surface area contributed by atoms with Crippen molar-refractivity contribution in [1.29, 1.82) is 0 Å². The van der Waals surface area contributed by atoms with Crippen LogP contribution < -0.4 is 10.2 Å². The average Bonchev–Trinajstić information content (AvgIpc) is 2.55. The zero-order chi connectivity index (χ0) is 14.7. The van der Waals surface area contributed by atoms with Crippen LogP contribution in [0.1, 0.15) is 42.5 Å². The van der Waals surface area contributed by atoms with Crippen LogP contribution in [0.2, 0.25) is 0 Å². The SMILES string of the molecule is O=C(c1cccc(F)c1N1CCCCC1)C1CCCNC1. The molecule has 1 aromatic carbocycles. The highest BCUT2D eigenvalue weighted by atomic mass is 19.1. The van der Waals surface area contributed by atoms with Crippen molar-refractivity contribution in [2.24, 2.45) is 5.92 Å². The van der Waals surface area contributed by atoms with Crippen LogP contribution in [0.4, 0.5) is 10.1 Å². The van der Waals surface area contributed by atoms with Gasteiger partial charge < -0.3 is 10.2 Å². The molecular weight excluding hydrogens is 267 g/mol. The minimum atomic E-state index is -0.258. The summed E-state index contributed by atoms with van der Waals surface area (Å²) in [6.07, 6.45) is 5.27. The molecule has 0 radical (unpaired) electrons. The van der Waals surface area contributed by atoms with Crippen LogP contribution >= 0.6 is 0 Å². The maximum absolute atomic E-state index is 14.4. The second-order valence-corrected chi connectivity index (χ2v) is 6.09. The van der Waals surface area contributed by atoms with E-state index in [1.165, 1.54) is 12.5 Å². The molecule has 1 atom stereocenters. The standard InChI is InChI=1S/C17H23FN2O/c18-15-8-4-7-14(16(15)20-10-2-1-3-11-20)17(21)13-6-5-9-19-12-13/h4,7-8,13,19H,1-3,5-6,9-12H2. The number of carbonyl (C=O) groups is 1. The maximum Gasteiger partial charge on any atom is 0.169 e. The molecule has 0 bridgehead atoms. The molecular formula is C17H23FN2O. The fourth-order valence-electron chi connectivity index (χ4n) is 3.45. The highest BCUT2D eigenvalue weighted by molar-refractivity contribution is 6.03. The smallest absolute Gasteiger partial charge is 0.169 e. The molecule has 2 fully saturated rings. The third kappa shape index (κ3) is 3.10. The quantitative estimate of drug-likeness (QED) is 0.869. The van der Waals surface area contributed by atoms with E-state index in [9.17, 15) is 9.18 Å². The minimum absolute atomic E-state index is 0.0101. The number of nitrogens with zero attached hydrogens (tertiary/aromatic N) is 1. The summed E-state index contributed by atoms with van der Waals surface area (Å²) in [6.45, 7) is 3.40. The summed E-state index contributed by atoms with van der Waals surface area (Å²) >= 11 is 0. The number of hydrogen-bond acceptors (Lipinski definition) is 3. The first-order valence-electron chi connectivity index (χ1n) is 8.06. The predicted molar refractivity (Wildman–Crippen MR) is 82.4 cm³/mol. The summed E-state index contributed by atoms with van der Waals surface area (Å²) in [4.78, 5) is 14.8. The van der Waals surface area contributed by atoms with Gasteiger partial charge in [-0.05, 0) is 50.8 Å². The Balaban J connectivity index is 1.90. The second kappa shape index (κ2) is 6.56. The van der Waals surface area contributed by atoms with E-state index in [0.717, 1.165) is 51.9 Å². The van der Waals surface area contributed by atoms with Gasteiger partial charge in [0.05, 0.1) is 5.69 Å². The van der Waals surface area contributed by atoms with E-state index in [-0.39, 0.29) is 17.5 Å². The van der Waals surface area contributed by atoms with Crippen LogP contribution in [-0.4, -0.2) is 32.0 Å². The molecule has 4 heteroatoms. The molecule has 21 heavy (non-hydrogen) atoms. The highest BCUT2D eigenvalue weighted by Gasteiger charge is 2.27. The van der Waals surface area contributed by atoms with Gasteiger partial charge in [-0.25, -0.2) is 4.39 Å². The molecule has 0 aromatic heterocycles. The number of anilines is 1. The highest BCUT2D eigenvalue weighted by Crippen LogP contribution is 2.30. The number of piperidine rings is 2. The first-order chi connectivity index (χ1) is 10.3. The Kier molecular flexibility index (Phi) is 4.54. The summed E-state index contributed by atoms with van der Waals surface area (Å²) in [7, 11) is 0. The van der Waals surface area contributed by atoms with Crippen molar-refractivity contribution >= 4 is 11.5 Å². The predicted octanol–water partition coefficient (Wildman–Crippen LogP) is 3.00. The molecule has 1 aromatic rings. The molecule has 2 aliphatic heterocycles. The summed E-state index contributed by atoms with van der Waals surface area (Å²) in [5.41, 5.74) is 1.11. The molecule has 2 aliphatic rings. The van der Waals surface area contributed by atoms with E-state index in [0.29, 0.717) is 11.3 Å². The lowest BCUT2D eigenvalue weighted by Gasteiger charge is -2.31. The zero-order valence-electron chi connectivity index (χ0n) is 12.4. The lowest BCUT2D eigenvalue weighted by atomic mass is 9.89. The van der Waals surface area contributed by atoms with Crippen molar-refractivity contribution in [3.8, 4) is 0 Å². The van der Waals surface area contributed by atoms with E-state index < -0.39 is 0 Å². The van der Waals surface area contributed by atoms with Gasteiger partial charge in [-0.15, -0.1) is 0 Å². The number of rotatable bonds is 3. The molecule has 0 spiro atoms. The molecule has 1 N–H and O–H groups in total. The summed E-state index contributed by atoms with van der Waals surface area (Å²) in [6, 6.07) is 4.93. The Morgan fingerprint density at radius 1 is 1.19 bits per heavy atom. The molecule has 0 aliphatic carbocycles. The Morgan fingerprint density at radius 3 is 2.71 bits per heavy atom.